The Morgan fingerprint density at radius 2 is 2.11 bits per heavy atom. The predicted octanol–water partition coefficient (Wildman–Crippen LogP) is 0.580. The fraction of sp³-hybridized carbons (Fsp3) is 0.462. The number of alkyl halides is 1. The van der Waals surface area contributed by atoms with Crippen LogP contribution in [0, 0.1) is 0 Å². The smallest absolute Gasteiger partial charge is 0.251 e. The van der Waals surface area contributed by atoms with Gasteiger partial charge in [-0.3, -0.25) is 9.69 Å². The number of amides is 1. The van der Waals surface area contributed by atoms with Gasteiger partial charge in [0.15, 0.2) is 0 Å². The summed E-state index contributed by atoms with van der Waals surface area (Å²) in [6.45, 7) is 2.52. The molecule has 0 saturated heterocycles. The molecular weight excluding hydrogens is 266 g/mol. The van der Waals surface area contributed by atoms with Crippen LogP contribution in [-0.4, -0.2) is 47.3 Å². The van der Waals surface area contributed by atoms with Crippen molar-refractivity contribution in [3.8, 4) is 0 Å². The van der Waals surface area contributed by atoms with Crippen LogP contribution in [0.1, 0.15) is 17.3 Å². The zero-order valence-electron chi connectivity index (χ0n) is 10.9. The van der Waals surface area contributed by atoms with Gasteiger partial charge < -0.3 is 16.2 Å². The average Bonchev–Trinajstić information content (AvgIpc) is 2.46. The van der Waals surface area contributed by atoms with Gasteiger partial charge in [0.2, 0.25) is 0 Å². The first-order chi connectivity index (χ1) is 9.10. The van der Waals surface area contributed by atoms with Crippen LogP contribution >= 0.6 is 11.6 Å². The highest BCUT2D eigenvalue weighted by Gasteiger charge is 2.20. The Bertz CT molecular complexity index is 389. The summed E-state index contributed by atoms with van der Waals surface area (Å²) < 4.78 is 0. The van der Waals surface area contributed by atoms with Crippen molar-refractivity contribution in [2.75, 3.05) is 19.0 Å². The molecule has 1 rings (SSSR count). The summed E-state index contributed by atoms with van der Waals surface area (Å²) in [6.07, 6.45) is -1.29. The number of nitrogens with two attached hydrogens (primary N) is 1. The van der Waals surface area contributed by atoms with Crippen molar-refractivity contribution in [2.45, 2.75) is 19.3 Å². The van der Waals surface area contributed by atoms with E-state index in [2.05, 4.69) is 5.32 Å². The summed E-state index contributed by atoms with van der Waals surface area (Å²) in [5.74, 6) is -0.00694. The zero-order valence-corrected chi connectivity index (χ0v) is 11.7. The summed E-state index contributed by atoms with van der Waals surface area (Å²) in [6, 6.07) is 8.83. The Morgan fingerprint density at radius 3 is 2.63 bits per heavy atom. The molecule has 0 bridgehead atoms. The van der Waals surface area contributed by atoms with Crippen LogP contribution in [-0.2, 0) is 0 Å². The number of aliphatic hydroxyl groups is 1. The molecular formula is C13H20ClN3O2. The van der Waals surface area contributed by atoms with Crippen LogP contribution in [0.3, 0.4) is 0 Å². The Morgan fingerprint density at radius 1 is 1.47 bits per heavy atom. The molecule has 5 nitrogen and oxygen atoms in total. The molecule has 0 aliphatic rings. The summed E-state index contributed by atoms with van der Waals surface area (Å²) in [7, 11) is 0. The summed E-state index contributed by atoms with van der Waals surface area (Å²) >= 11 is 5.66. The molecule has 6 heteroatoms. The molecule has 0 aromatic heterocycles. The molecule has 19 heavy (non-hydrogen) atoms. The second-order valence-electron chi connectivity index (χ2n) is 4.11. The molecule has 1 amide bonds. The van der Waals surface area contributed by atoms with E-state index in [1.54, 1.807) is 29.2 Å². The van der Waals surface area contributed by atoms with Crippen molar-refractivity contribution in [2.24, 2.45) is 5.73 Å². The molecule has 0 saturated carbocycles. The first kappa shape index (κ1) is 15.9. The summed E-state index contributed by atoms with van der Waals surface area (Å²) in [4.78, 5) is 13.4. The fourth-order valence-corrected chi connectivity index (χ4v) is 1.93. The standard InChI is InChI=1S/C13H20ClN3O2/c1-2-17(11(15)8-14)12(18)9-16-13(19)10-6-4-3-5-7-10/h3-7,11-12,18H,2,8-9,15H2,1H3,(H,16,19). The number of aliphatic hydroxyl groups excluding tert-OH is 1. The minimum Gasteiger partial charge on any atom is -0.376 e. The number of halogens is 1. The third kappa shape index (κ3) is 4.80. The van der Waals surface area contributed by atoms with E-state index in [4.69, 9.17) is 17.3 Å². The number of carbonyl (C=O) groups excluding carboxylic acids is 1. The molecule has 106 valence electrons. The fourth-order valence-electron chi connectivity index (χ4n) is 1.75. The summed E-state index contributed by atoms with van der Waals surface area (Å²) in [5, 5.41) is 12.6. The predicted molar refractivity (Wildman–Crippen MR) is 75.9 cm³/mol. The second kappa shape index (κ2) is 8.12. The molecule has 2 atom stereocenters. The number of rotatable bonds is 7. The van der Waals surface area contributed by atoms with Crippen molar-refractivity contribution >= 4 is 17.5 Å². The normalized spacial score (nSPS) is 14.2. The van der Waals surface area contributed by atoms with E-state index < -0.39 is 12.4 Å². The van der Waals surface area contributed by atoms with Crippen LogP contribution in [0.15, 0.2) is 30.3 Å². The van der Waals surface area contributed by atoms with E-state index in [1.807, 2.05) is 13.0 Å². The van der Waals surface area contributed by atoms with E-state index in [9.17, 15) is 9.90 Å². The quantitative estimate of drug-likeness (QED) is 0.506. The monoisotopic (exact) mass is 285 g/mol. The van der Waals surface area contributed by atoms with Crippen molar-refractivity contribution < 1.29 is 9.90 Å². The Kier molecular flexibility index (Phi) is 6.80. The van der Waals surface area contributed by atoms with Gasteiger partial charge in [-0.1, -0.05) is 25.1 Å². The highest BCUT2D eigenvalue weighted by atomic mass is 35.5. The minimum absolute atomic E-state index is 0.103. The van der Waals surface area contributed by atoms with Crippen molar-refractivity contribution in [3.63, 3.8) is 0 Å². The number of hydrogen-bond acceptors (Lipinski definition) is 4. The van der Waals surface area contributed by atoms with Crippen LogP contribution in [0.2, 0.25) is 0 Å². The molecule has 0 aliphatic carbocycles. The lowest BCUT2D eigenvalue weighted by atomic mass is 10.2. The third-order valence-corrected chi connectivity index (χ3v) is 3.13. The van der Waals surface area contributed by atoms with Crippen molar-refractivity contribution in [3.05, 3.63) is 35.9 Å². The number of likely N-dealkylation sites (N-methyl/N-ethyl adjacent to an activating group) is 1. The van der Waals surface area contributed by atoms with Gasteiger partial charge in [-0.25, -0.2) is 0 Å². The number of carbonyl (C=O) groups is 1. The van der Waals surface area contributed by atoms with E-state index in [0.717, 1.165) is 0 Å². The Hall–Kier alpha value is -1.14. The van der Waals surface area contributed by atoms with E-state index in [1.165, 1.54) is 0 Å². The maximum absolute atomic E-state index is 11.8. The highest BCUT2D eigenvalue weighted by molar-refractivity contribution is 6.18. The lowest BCUT2D eigenvalue weighted by Crippen LogP contribution is -2.53. The molecule has 0 fully saturated rings. The maximum Gasteiger partial charge on any atom is 0.251 e. The van der Waals surface area contributed by atoms with Crippen molar-refractivity contribution in [1.29, 1.82) is 0 Å². The van der Waals surface area contributed by atoms with Gasteiger partial charge in [-0.15, -0.1) is 11.6 Å². The van der Waals surface area contributed by atoms with Crippen LogP contribution < -0.4 is 11.1 Å². The van der Waals surface area contributed by atoms with Gasteiger partial charge in [0, 0.05) is 5.56 Å². The minimum atomic E-state index is -0.855. The van der Waals surface area contributed by atoms with Gasteiger partial charge in [0.05, 0.1) is 18.6 Å². The number of nitrogens with zero attached hydrogens (tertiary/aromatic N) is 1. The zero-order chi connectivity index (χ0) is 14.3. The topological polar surface area (TPSA) is 78.6 Å². The molecule has 1 aromatic carbocycles. The van der Waals surface area contributed by atoms with Crippen LogP contribution in [0.25, 0.3) is 0 Å². The van der Waals surface area contributed by atoms with Crippen molar-refractivity contribution in [1.82, 2.24) is 10.2 Å². The molecule has 0 heterocycles. The van der Waals surface area contributed by atoms with E-state index in [0.29, 0.717) is 12.1 Å². The first-order valence-electron chi connectivity index (χ1n) is 6.18. The van der Waals surface area contributed by atoms with Gasteiger partial charge in [0.1, 0.15) is 6.23 Å². The molecule has 4 N–H and O–H groups in total. The molecule has 0 aliphatic heterocycles. The number of hydrogen-bond donors (Lipinski definition) is 3. The molecule has 2 unspecified atom stereocenters. The number of benzene rings is 1. The van der Waals surface area contributed by atoms with Gasteiger partial charge in [0.25, 0.3) is 5.91 Å². The SMILES string of the molecule is CCN(C(N)CCl)C(O)CNC(=O)c1ccccc1. The molecule has 0 radical (unpaired) electrons. The van der Waals surface area contributed by atoms with Gasteiger partial charge in [-0.05, 0) is 18.7 Å². The average molecular weight is 286 g/mol. The first-order valence-corrected chi connectivity index (χ1v) is 6.72. The third-order valence-electron chi connectivity index (χ3n) is 2.81. The van der Waals surface area contributed by atoms with Gasteiger partial charge >= 0.3 is 0 Å². The van der Waals surface area contributed by atoms with Gasteiger partial charge in [-0.2, -0.15) is 0 Å². The van der Waals surface area contributed by atoms with E-state index in [-0.39, 0.29) is 18.3 Å². The van der Waals surface area contributed by atoms with E-state index >= 15 is 0 Å². The summed E-state index contributed by atoms with van der Waals surface area (Å²) in [5.41, 5.74) is 6.32. The lowest BCUT2D eigenvalue weighted by molar-refractivity contribution is -0.0128. The lowest BCUT2D eigenvalue weighted by Gasteiger charge is -2.31. The van der Waals surface area contributed by atoms with Crippen LogP contribution in [0.4, 0.5) is 0 Å². The molecule has 1 aromatic rings. The molecule has 0 spiro atoms. The number of nitrogens with one attached hydrogen (secondary N) is 1. The van der Waals surface area contributed by atoms with Crippen LogP contribution in [0.5, 0.6) is 0 Å². The Balaban J connectivity index is 2.49. The maximum atomic E-state index is 11.8. The Labute approximate surface area is 118 Å². The second-order valence-corrected chi connectivity index (χ2v) is 4.42. The largest absolute Gasteiger partial charge is 0.376 e. The highest BCUT2D eigenvalue weighted by Crippen LogP contribution is 2.02.